The van der Waals surface area contributed by atoms with Crippen molar-refractivity contribution in [3.05, 3.63) is 77.9 Å². The van der Waals surface area contributed by atoms with Crippen LogP contribution >= 0.6 is 0 Å². The van der Waals surface area contributed by atoms with E-state index in [1.54, 1.807) is 20.3 Å². The lowest BCUT2D eigenvalue weighted by molar-refractivity contribution is -0.116. The van der Waals surface area contributed by atoms with Gasteiger partial charge >= 0.3 is 0 Å². The van der Waals surface area contributed by atoms with E-state index in [2.05, 4.69) is 47.6 Å². The van der Waals surface area contributed by atoms with Crippen molar-refractivity contribution in [2.24, 2.45) is 0 Å². The highest BCUT2D eigenvalue weighted by Gasteiger charge is 2.06. The van der Waals surface area contributed by atoms with E-state index in [9.17, 15) is 4.79 Å². The molecular weight excluding hydrogens is 400 g/mol. The molecule has 0 aromatic heterocycles. The quantitative estimate of drug-likeness (QED) is 0.357. The number of nitrogens with zero attached hydrogens (tertiary/aromatic N) is 1. The number of carbonyl (C=O) groups excluding carboxylic acids is 1. The van der Waals surface area contributed by atoms with Crippen LogP contribution in [0.2, 0.25) is 0 Å². The maximum Gasteiger partial charge on any atom is 0.243 e. The minimum Gasteiger partial charge on any atom is -0.493 e. The molecule has 0 spiro atoms. The van der Waals surface area contributed by atoms with Crippen LogP contribution < -0.4 is 14.8 Å². The fourth-order valence-electron chi connectivity index (χ4n) is 3.57. The first-order valence-electron chi connectivity index (χ1n) is 10.9. The Morgan fingerprint density at radius 3 is 2.50 bits per heavy atom. The summed E-state index contributed by atoms with van der Waals surface area (Å²) in [7, 11) is 5.39. The molecule has 0 aliphatic rings. The summed E-state index contributed by atoms with van der Waals surface area (Å²) < 4.78 is 10.7. The van der Waals surface area contributed by atoms with Crippen LogP contribution in [-0.2, 0) is 11.2 Å². The van der Waals surface area contributed by atoms with Crippen LogP contribution in [0.25, 0.3) is 16.8 Å². The molecule has 0 heterocycles. The molecule has 0 unspecified atom stereocenters. The van der Waals surface area contributed by atoms with E-state index in [-0.39, 0.29) is 5.91 Å². The van der Waals surface area contributed by atoms with Gasteiger partial charge in [-0.1, -0.05) is 42.5 Å². The van der Waals surface area contributed by atoms with Crippen molar-refractivity contribution in [2.75, 3.05) is 40.9 Å². The second kappa shape index (κ2) is 11.9. The summed E-state index contributed by atoms with van der Waals surface area (Å²) in [5.41, 5.74) is 2.23. The first kappa shape index (κ1) is 23.4. The SMILES string of the molecule is COc1ccc(CCN(C)CCCNC(=O)/C=C/c2ccc3ccccc3c2)cc1OC. The molecule has 0 aliphatic carbocycles. The summed E-state index contributed by atoms with van der Waals surface area (Å²) >= 11 is 0. The molecule has 5 nitrogen and oxygen atoms in total. The van der Waals surface area contributed by atoms with Crippen LogP contribution in [0, 0.1) is 0 Å². The lowest BCUT2D eigenvalue weighted by Crippen LogP contribution is -2.28. The van der Waals surface area contributed by atoms with E-state index in [0.29, 0.717) is 6.54 Å². The Morgan fingerprint density at radius 1 is 0.938 bits per heavy atom. The summed E-state index contributed by atoms with van der Waals surface area (Å²) in [6, 6.07) is 20.4. The molecule has 5 heteroatoms. The molecule has 168 valence electrons. The molecule has 0 saturated heterocycles. The van der Waals surface area contributed by atoms with Gasteiger partial charge in [0.1, 0.15) is 0 Å². The molecule has 32 heavy (non-hydrogen) atoms. The third-order valence-electron chi connectivity index (χ3n) is 5.45. The number of amides is 1. The van der Waals surface area contributed by atoms with Crippen LogP contribution in [0.15, 0.2) is 66.7 Å². The first-order valence-corrected chi connectivity index (χ1v) is 10.9. The number of likely N-dealkylation sites (N-methyl/N-ethyl adjacent to an activating group) is 1. The second-order valence-electron chi connectivity index (χ2n) is 7.83. The number of hydrogen-bond donors (Lipinski definition) is 1. The van der Waals surface area contributed by atoms with E-state index in [4.69, 9.17) is 9.47 Å². The highest BCUT2D eigenvalue weighted by atomic mass is 16.5. The van der Waals surface area contributed by atoms with Crippen molar-refractivity contribution in [1.82, 2.24) is 10.2 Å². The Hall–Kier alpha value is -3.31. The average molecular weight is 433 g/mol. The minimum atomic E-state index is -0.0638. The number of hydrogen-bond acceptors (Lipinski definition) is 4. The smallest absolute Gasteiger partial charge is 0.243 e. The molecule has 0 atom stereocenters. The Morgan fingerprint density at radius 2 is 1.72 bits per heavy atom. The Bertz CT molecular complexity index is 1060. The molecule has 0 aliphatic heterocycles. The van der Waals surface area contributed by atoms with Gasteiger partial charge in [-0.15, -0.1) is 0 Å². The van der Waals surface area contributed by atoms with E-state index >= 15 is 0 Å². The number of methoxy groups -OCH3 is 2. The zero-order chi connectivity index (χ0) is 22.8. The van der Waals surface area contributed by atoms with Crippen molar-refractivity contribution >= 4 is 22.8 Å². The van der Waals surface area contributed by atoms with Gasteiger partial charge in [0.25, 0.3) is 0 Å². The normalized spacial score (nSPS) is 11.2. The number of fused-ring (bicyclic) bond motifs is 1. The van der Waals surface area contributed by atoms with Gasteiger partial charge in [0.05, 0.1) is 14.2 Å². The molecule has 0 saturated carbocycles. The van der Waals surface area contributed by atoms with Gasteiger partial charge in [0, 0.05) is 19.2 Å². The van der Waals surface area contributed by atoms with E-state index < -0.39 is 0 Å². The summed E-state index contributed by atoms with van der Waals surface area (Å²) in [4.78, 5) is 14.4. The zero-order valence-electron chi connectivity index (χ0n) is 19.1. The summed E-state index contributed by atoms with van der Waals surface area (Å²) in [6.07, 6.45) is 5.29. The molecule has 3 aromatic carbocycles. The standard InChI is InChI=1S/C27H32N2O3/c1-29(18-15-22-10-13-25(31-2)26(20-22)32-3)17-6-16-28-27(30)14-11-21-9-12-23-7-4-5-8-24(23)19-21/h4-5,7-14,19-20H,6,15-18H2,1-3H3,(H,28,30)/b14-11+. The van der Waals surface area contributed by atoms with E-state index in [1.807, 2.05) is 36.4 Å². The maximum atomic E-state index is 12.1. The number of ether oxygens (including phenoxy) is 2. The van der Waals surface area contributed by atoms with Gasteiger partial charge in [-0.25, -0.2) is 0 Å². The van der Waals surface area contributed by atoms with Crippen molar-refractivity contribution < 1.29 is 14.3 Å². The maximum absolute atomic E-state index is 12.1. The highest BCUT2D eigenvalue weighted by Crippen LogP contribution is 2.27. The molecule has 0 bridgehead atoms. The Balaban J connectivity index is 1.36. The van der Waals surface area contributed by atoms with E-state index in [1.165, 1.54) is 16.3 Å². The predicted octanol–water partition coefficient (Wildman–Crippen LogP) is 4.55. The summed E-state index contributed by atoms with van der Waals surface area (Å²) in [6.45, 7) is 2.51. The van der Waals surface area contributed by atoms with Gasteiger partial charge in [-0.3, -0.25) is 4.79 Å². The van der Waals surface area contributed by atoms with Gasteiger partial charge in [0.2, 0.25) is 5.91 Å². The van der Waals surface area contributed by atoms with Crippen molar-refractivity contribution in [1.29, 1.82) is 0 Å². The molecule has 1 N–H and O–H groups in total. The average Bonchev–Trinajstić information content (AvgIpc) is 2.83. The molecule has 3 rings (SSSR count). The van der Waals surface area contributed by atoms with Gasteiger partial charge < -0.3 is 19.7 Å². The third-order valence-corrected chi connectivity index (χ3v) is 5.45. The largest absolute Gasteiger partial charge is 0.493 e. The second-order valence-corrected chi connectivity index (χ2v) is 7.83. The topological polar surface area (TPSA) is 50.8 Å². The molecule has 3 aromatic rings. The lowest BCUT2D eigenvalue weighted by Gasteiger charge is -2.17. The Labute approximate surface area is 190 Å². The lowest BCUT2D eigenvalue weighted by atomic mass is 10.1. The molecule has 0 fully saturated rings. The Kier molecular flexibility index (Phi) is 8.70. The van der Waals surface area contributed by atoms with Gasteiger partial charge in [-0.05, 0) is 72.6 Å². The zero-order valence-corrected chi connectivity index (χ0v) is 19.1. The molecule has 1 amide bonds. The minimum absolute atomic E-state index is 0.0638. The summed E-state index contributed by atoms with van der Waals surface area (Å²) in [5, 5.41) is 5.33. The number of benzene rings is 3. The molecular formula is C27H32N2O3. The van der Waals surface area contributed by atoms with Gasteiger partial charge in [-0.2, -0.15) is 0 Å². The van der Waals surface area contributed by atoms with Crippen LogP contribution in [0.1, 0.15) is 17.5 Å². The predicted molar refractivity (Wildman–Crippen MR) is 131 cm³/mol. The van der Waals surface area contributed by atoms with Crippen LogP contribution in [-0.4, -0.2) is 51.7 Å². The third kappa shape index (κ3) is 6.86. The van der Waals surface area contributed by atoms with Crippen LogP contribution in [0.4, 0.5) is 0 Å². The number of carbonyl (C=O) groups is 1. The monoisotopic (exact) mass is 432 g/mol. The number of nitrogens with one attached hydrogen (secondary N) is 1. The van der Waals surface area contributed by atoms with Crippen molar-refractivity contribution in [3.63, 3.8) is 0 Å². The van der Waals surface area contributed by atoms with Crippen molar-refractivity contribution in [2.45, 2.75) is 12.8 Å². The highest BCUT2D eigenvalue weighted by molar-refractivity contribution is 5.92. The fourth-order valence-corrected chi connectivity index (χ4v) is 3.57. The van der Waals surface area contributed by atoms with Crippen LogP contribution in [0.3, 0.4) is 0 Å². The number of rotatable bonds is 11. The first-order chi connectivity index (χ1) is 15.6. The summed E-state index contributed by atoms with van der Waals surface area (Å²) in [5.74, 6) is 1.44. The van der Waals surface area contributed by atoms with Crippen LogP contribution in [0.5, 0.6) is 11.5 Å². The van der Waals surface area contributed by atoms with Crippen molar-refractivity contribution in [3.8, 4) is 11.5 Å². The van der Waals surface area contributed by atoms with E-state index in [0.717, 1.165) is 43.0 Å². The fraction of sp³-hybridized carbons (Fsp3) is 0.296. The van der Waals surface area contributed by atoms with Gasteiger partial charge in [0.15, 0.2) is 11.5 Å². The molecule has 0 radical (unpaired) electrons.